The van der Waals surface area contributed by atoms with Crippen LogP contribution in [0.4, 0.5) is 0 Å². The molecule has 0 spiro atoms. The highest BCUT2D eigenvalue weighted by Gasteiger charge is 2.20. The van der Waals surface area contributed by atoms with Gasteiger partial charge in [0, 0.05) is 18.4 Å². The summed E-state index contributed by atoms with van der Waals surface area (Å²) in [6.07, 6.45) is 0.289. The number of hydrogen-bond donors (Lipinski definition) is 0. The lowest BCUT2D eigenvalue weighted by Gasteiger charge is -2.12. The summed E-state index contributed by atoms with van der Waals surface area (Å²) < 4.78 is 7.33. The van der Waals surface area contributed by atoms with Gasteiger partial charge in [-0.3, -0.25) is 9.36 Å². The lowest BCUT2D eigenvalue weighted by Crippen LogP contribution is -2.13. The molecular weight excluding hydrogens is 314 g/mol. The number of nitrogens with zero attached hydrogens (tertiary/aromatic N) is 3. The first-order chi connectivity index (χ1) is 11.0. The van der Waals surface area contributed by atoms with Crippen molar-refractivity contribution in [2.24, 2.45) is 5.92 Å². The standard InChI is InChI=1S/C17H18ClN3O2/c1-4-13(22)23-17-20-14-15(21(17)9-10(2)3)11-7-5-6-8-12(11)19-16(14)18/h5-8,10H,4,9H2,1-3H3. The van der Waals surface area contributed by atoms with E-state index < -0.39 is 0 Å². The monoisotopic (exact) mass is 331 g/mol. The van der Waals surface area contributed by atoms with Crippen LogP contribution < -0.4 is 4.74 Å². The van der Waals surface area contributed by atoms with E-state index in [4.69, 9.17) is 16.3 Å². The van der Waals surface area contributed by atoms with Crippen molar-refractivity contribution in [3.63, 3.8) is 0 Å². The topological polar surface area (TPSA) is 57.0 Å². The quantitative estimate of drug-likeness (QED) is 0.531. The minimum Gasteiger partial charge on any atom is -0.392 e. The summed E-state index contributed by atoms with van der Waals surface area (Å²) in [5, 5.41) is 1.26. The first-order valence-electron chi connectivity index (χ1n) is 7.66. The van der Waals surface area contributed by atoms with Crippen LogP contribution in [0.15, 0.2) is 24.3 Å². The normalized spacial score (nSPS) is 11.5. The number of pyridine rings is 1. The van der Waals surface area contributed by atoms with Crippen LogP contribution in [0.2, 0.25) is 5.15 Å². The highest BCUT2D eigenvalue weighted by molar-refractivity contribution is 6.35. The van der Waals surface area contributed by atoms with E-state index in [9.17, 15) is 4.79 Å². The molecule has 0 aliphatic rings. The Labute approximate surface area is 139 Å². The Balaban J connectivity index is 2.33. The maximum absolute atomic E-state index is 11.7. The number of halogens is 1. The number of carbonyl (C=O) groups is 1. The number of imidazole rings is 1. The molecule has 0 amide bonds. The lowest BCUT2D eigenvalue weighted by atomic mass is 10.1. The van der Waals surface area contributed by atoms with E-state index >= 15 is 0 Å². The first kappa shape index (κ1) is 15.7. The molecule has 0 aliphatic heterocycles. The van der Waals surface area contributed by atoms with Crippen LogP contribution >= 0.6 is 11.6 Å². The zero-order valence-electron chi connectivity index (χ0n) is 13.3. The number of esters is 1. The number of hydrogen-bond acceptors (Lipinski definition) is 4. The molecule has 0 radical (unpaired) electrons. The molecule has 23 heavy (non-hydrogen) atoms. The van der Waals surface area contributed by atoms with Crippen LogP contribution in [-0.4, -0.2) is 20.5 Å². The van der Waals surface area contributed by atoms with E-state index in [-0.39, 0.29) is 18.4 Å². The molecule has 0 saturated carbocycles. The van der Waals surface area contributed by atoms with Gasteiger partial charge >= 0.3 is 12.0 Å². The summed E-state index contributed by atoms with van der Waals surface area (Å²) in [6, 6.07) is 8.02. The molecule has 2 aromatic heterocycles. The lowest BCUT2D eigenvalue weighted by molar-refractivity contribution is -0.134. The van der Waals surface area contributed by atoms with Gasteiger partial charge in [-0.1, -0.05) is 50.6 Å². The molecule has 2 heterocycles. The fraction of sp³-hybridized carbons (Fsp3) is 0.353. The molecule has 1 aromatic carbocycles. The molecule has 0 atom stereocenters. The van der Waals surface area contributed by atoms with Crippen LogP contribution in [0.25, 0.3) is 21.9 Å². The van der Waals surface area contributed by atoms with Crippen LogP contribution in [0.3, 0.4) is 0 Å². The van der Waals surface area contributed by atoms with Crippen molar-refractivity contribution in [1.29, 1.82) is 0 Å². The average Bonchev–Trinajstić information content (AvgIpc) is 2.86. The van der Waals surface area contributed by atoms with Gasteiger partial charge < -0.3 is 4.74 Å². The van der Waals surface area contributed by atoms with Crippen molar-refractivity contribution in [1.82, 2.24) is 14.5 Å². The summed E-state index contributed by atoms with van der Waals surface area (Å²) in [6.45, 7) is 6.62. The van der Waals surface area contributed by atoms with E-state index in [1.165, 1.54) is 0 Å². The second kappa shape index (κ2) is 6.16. The van der Waals surface area contributed by atoms with Gasteiger partial charge in [-0.05, 0) is 12.0 Å². The fourth-order valence-corrected chi connectivity index (χ4v) is 2.79. The van der Waals surface area contributed by atoms with E-state index in [0.29, 0.717) is 23.1 Å². The van der Waals surface area contributed by atoms with Crippen molar-refractivity contribution in [3.05, 3.63) is 29.4 Å². The Morgan fingerprint density at radius 2 is 2.04 bits per heavy atom. The Morgan fingerprint density at radius 3 is 2.74 bits per heavy atom. The fourth-order valence-electron chi connectivity index (χ4n) is 2.57. The van der Waals surface area contributed by atoms with Crippen LogP contribution in [0.5, 0.6) is 6.01 Å². The smallest absolute Gasteiger partial charge is 0.313 e. The minimum atomic E-state index is -0.321. The largest absolute Gasteiger partial charge is 0.392 e. The molecule has 0 saturated heterocycles. The Bertz CT molecular complexity index is 886. The molecule has 0 aliphatic carbocycles. The average molecular weight is 332 g/mol. The Hall–Kier alpha value is -2.14. The second-order valence-corrected chi connectivity index (χ2v) is 6.20. The molecule has 6 heteroatoms. The van der Waals surface area contributed by atoms with E-state index in [0.717, 1.165) is 16.4 Å². The molecule has 0 N–H and O–H groups in total. The molecule has 5 nitrogen and oxygen atoms in total. The van der Waals surface area contributed by atoms with Gasteiger partial charge in [-0.2, -0.15) is 4.98 Å². The van der Waals surface area contributed by atoms with Crippen molar-refractivity contribution >= 4 is 39.5 Å². The summed E-state index contributed by atoms with van der Waals surface area (Å²) in [7, 11) is 0. The summed E-state index contributed by atoms with van der Waals surface area (Å²) in [5.74, 6) is 0.0379. The third-order valence-corrected chi connectivity index (χ3v) is 3.81. The minimum absolute atomic E-state index is 0.278. The SMILES string of the molecule is CCC(=O)Oc1nc2c(Cl)nc3ccccc3c2n1CC(C)C. The number of carbonyl (C=O) groups excluding carboxylic acids is 1. The summed E-state index contributed by atoms with van der Waals surface area (Å²) in [4.78, 5) is 20.5. The van der Waals surface area contributed by atoms with Crippen molar-refractivity contribution < 1.29 is 9.53 Å². The zero-order valence-corrected chi connectivity index (χ0v) is 14.1. The number of fused-ring (bicyclic) bond motifs is 3. The van der Waals surface area contributed by atoms with Gasteiger partial charge in [0.1, 0.15) is 5.52 Å². The number of benzene rings is 1. The van der Waals surface area contributed by atoms with Crippen LogP contribution in [0, 0.1) is 5.92 Å². The number of aromatic nitrogens is 3. The zero-order chi connectivity index (χ0) is 16.6. The number of ether oxygens (including phenoxy) is 1. The molecular formula is C17H18ClN3O2. The van der Waals surface area contributed by atoms with Gasteiger partial charge in [0.25, 0.3) is 0 Å². The maximum Gasteiger partial charge on any atom is 0.313 e. The van der Waals surface area contributed by atoms with Crippen molar-refractivity contribution in [2.75, 3.05) is 0 Å². The Kier molecular flexibility index (Phi) is 4.22. The number of para-hydroxylation sites is 1. The third kappa shape index (κ3) is 2.88. The first-order valence-corrected chi connectivity index (χ1v) is 8.04. The van der Waals surface area contributed by atoms with Gasteiger partial charge in [0.2, 0.25) is 0 Å². The Morgan fingerprint density at radius 1 is 1.30 bits per heavy atom. The van der Waals surface area contributed by atoms with E-state index in [1.54, 1.807) is 6.92 Å². The third-order valence-electron chi connectivity index (χ3n) is 3.55. The molecule has 0 bridgehead atoms. The molecule has 3 aromatic rings. The van der Waals surface area contributed by atoms with Gasteiger partial charge in [-0.25, -0.2) is 4.98 Å². The van der Waals surface area contributed by atoms with Gasteiger partial charge in [0.05, 0.1) is 11.0 Å². The van der Waals surface area contributed by atoms with Gasteiger partial charge in [-0.15, -0.1) is 0 Å². The van der Waals surface area contributed by atoms with Crippen LogP contribution in [0.1, 0.15) is 27.2 Å². The van der Waals surface area contributed by atoms with E-state index in [1.807, 2.05) is 28.8 Å². The number of rotatable bonds is 4. The van der Waals surface area contributed by atoms with E-state index in [2.05, 4.69) is 23.8 Å². The molecule has 0 fully saturated rings. The highest BCUT2D eigenvalue weighted by Crippen LogP contribution is 2.33. The van der Waals surface area contributed by atoms with Gasteiger partial charge in [0.15, 0.2) is 5.15 Å². The molecule has 120 valence electrons. The highest BCUT2D eigenvalue weighted by atomic mass is 35.5. The van der Waals surface area contributed by atoms with Crippen molar-refractivity contribution in [3.8, 4) is 6.01 Å². The van der Waals surface area contributed by atoms with Crippen molar-refractivity contribution in [2.45, 2.75) is 33.7 Å². The molecule has 0 unspecified atom stereocenters. The maximum atomic E-state index is 11.7. The molecule has 3 rings (SSSR count). The summed E-state index contributed by atoms with van der Waals surface area (Å²) in [5.41, 5.74) is 2.21. The second-order valence-electron chi connectivity index (χ2n) is 5.84. The summed E-state index contributed by atoms with van der Waals surface area (Å²) >= 11 is 6.30. The predicted molar refractivity (Wildman–Crippen MR) is 90.8 cm³/mol. The predicted octanol–water partition coefficient (Wildman–Crippen LogP) is 4.21. The van der Waals surface area contributed by atoms with Crippen LogP contribution in [-0.2, 0) is 11.3 Å².